The Labute approximate surface area is 136 Å². The van der Waals surface area contributed by atoms with Crippen LogP contribution in [0.3, 0.4) is 0 Å². The summed E-state index contributed by atoms with van der Waals surface area (Å²) in [4.78, 5) is 2.70. The number of piperidine rings is 1. The van der Waals surface area contributed by atoms with Gasteiger partial charge in [0, 0.05) is 10.8 Å². The van der Waals surface area contributed by atoms with Crippen LogP contribution >= 0.6 is 11.8 Å². The Hall–Kier alpha value is -1.45. The highest BCUT2D eigenvalue weighted by Crippen LogP contribution is 2.52. The summed E-state index contributed by atoms with van der Waals surface area (Å²) in [6, 6.07) is 15.4. The molecule has 22 heavy (non-hydrogen) atoms. The van der Waals surface area contributed by atoms with Gasteiger partial charge in [0.05, 0.1) is 12.0 Å². The summed E-state index contributed by atoms with van der Waals surface area (Å²) < 4.78 is 5.63. The maximum Gasteiger partial charge on any atom is 0.133 e. The van der Waals surface area contributed by atoms with Gasteiger partial charge in [0.2, 0.25) is 0 Å². The van der Waals surface area contributed by atoms with E-state index in [9.17, 15) is 0 Å². The molecule has 2 aromatic carbocycles. The fourth-order valence-corrected chi connectivity index (χ4v) is 5.09. The van der Waals surface area contributed by atoms with Crippen LogP contribution in [-0.2, 0) is 0 Å². The first-order chi connectivity index (χ1) is 10.9. The number of hydrogen-bond donors (Lipinski definition) is 1. The van der Waals surface area contributed by atoms with E-state index in [0.717, 1.165) is 18.8 Å². The summed E-state index contributed by atoms with van der Waals surface area (Å²) in [6.45, 7) is 2.27. The van der Waals surface area contributed by atoms with Crippen LogP contribution in [0.2, 0.25) is 0 Å². The van der Waals surface area contributed by atoms with Gasteiger partial charge in [-0.05, 0) is 55.1 Å². The van der Waals surface area contributed by atoms with Crippen molar-refractivity contribution in [3.63, 3.8) is 0 Å². The van der Waals surface area contributed by atoms with E-state index in [2.05, 4.69) is 47.8 Å². The molecule has 2 aromatic rings. The number of rotatable bonds is 2. The first kappa shape index (κ1) is 14.2. The Bertz CT molecular complexity index is 679. The van der Waals surface area contributed by atoms with Crippen molar-refractivity contribution in [2.75, 3.05) is 20.2 Å². The summed E-state index contributed by atoms with van der Waals surface area (Å²) in [7, 11) is 1.77. The van der Waals surface area contributed by atoms with Crippen molar-refractivity contribution >= 4 is 11.8 Å². The van der Waals surface area contributed by atoms with Crippen LogP contribution in [-0.4, -0.2) is 20.2 Å². The summed E-state index contributed by atoms with van der Waals surface area (Å²) in [6.07, 6.45) is 2.50. The summed E-state index contributed by atoms with van der Waals surface area (Å²) in [5, 5.41) is 3.49. The fraction of sp³-hybridized carbons (Fsp3) is 0.368. The molecular weight excluding hydrogens is 290 g/mol. The van der Waals surface area contributed by atoms with Gasteiger partial charge in [-0.3, -0.25) is 0 Å². The third kappa shape index (κ3) is 2.33. The smallest absolute Gasteiger partial charge is 0.133 e. The second-order valence-corrected chi connectivity index (χ2v) is 7.14. The highest BCUT2D eigenvalue weighted by atomic mass is 32.2. The van der Waals surface area contributed by atoms with Crippen molar-refractivity contribution in [3.8, 4) is 5.75 Å². The molecule has 0 spiro atoms. The Morgan fingerprint density at radius 2 is 1.77 bits per heavy atom. The lowest BCUT2D eigenvalue weighted by Gasteiger charge is -2.36. The Morgan fingerprint density at radius 3 is 2.59 bits per heavy atom. The quantitative estimate of drug-likeness (QED) is 0.894. The lowest BCUT2D eigenvalue weighted by atomic mass is 9.76. The van der Waals surface area contributed by atoms with Gasteiger partial charge in [0.25, 0.3) is 0 Å². The minimum absolute atomic E-state index is 0.504. The topological polar surface area (TPSA) is 21.3 Å². The zero-order valence-corrected chi connectivity index (χ0v) is 13.7. The first-order valence-electron chi connectivity index (χ1n) is 8.03. The molecule has 114 valence electrons. The maximum atomic E-state index is 5.63. The van der Waals surface area contributed by atoms with Crippen LogP contribution in [0.1, 0.15) is 29.9 Å². The fourth-order valence-electron chi connectivity index (χ4n) is 3.84. The molecule has 2 nitrogen and oxygen atoms in total. The average Bonchev–Trinajstić information content (AvgIpc) is 2.60. The Balaban J connectivity index is 1.86. The van der Waals surface area contributed by atoms with E-state index < -0.39 is 0 Å². The lowest BCUT2D eigenvalue weighted by Crippen LogP contribution is -2.32. The molecular formula is C19H21NOS. The zero-order chi connectivity index (χ0) is 14.9. The molecule has 1 unspecified atom stereocenters. The lowest BCUT2D eigenvalue weighted by molar-refractivity contribution is 0.335. The number of fused-ring (bicyclic) bond motifs is 2. The molecule has 1 N–H and O–H groups in total. The van der Waals surface area contributed by atoms with Crippen molar-refractivity contribution in [2.24, 2.45) is 5.92 Å². The zero-order valence-electron chi connectivity index (χ0n) is 12.8. The van der Waals surface area contributed by atoms with Gasteiger partial charge in [-0.15, -0.1) is 0 Å². The van der Waals surface area contributed by atoms with Gasteiger partial charge in [-0.2, -0.15) is 0 Å². The third-order valence-electron chi connectivity index (χ3n) is 4.89. The van der Waals surface area contributed by atoms with Gasteiger partial charge in [-0.1, -0.05) is 42.1 Å². The molecule has 1 atom stereocenters. The van der Waals surface area contributed by atoms with Crippen LogP contribution < -0.4 is 10.1 Å². The van der Waals surface area contributed by atoms with E-state index >= 15 is 0 Å². The predicted molar refractivity (Wildman–Crippen MR) is 91.0 cm³/mol. The van der Waals surface area contributed by atoms with Crippen LogP contribution in [0.15, 0.2) is 52.3 Å². The number of nitrogens with one attached hydrogen (secondary N) is 1. The molecule has 2 aliphatic rings. The highest BCUT2D eigenvalue weighted by molar-refractivity contribution is 7.99. The van der Waals surface area contributed by atoms with E-state index in [1.54, 1.807) is 7.11 Å². The van der Waals surface area contributed by atoms with Crippen molar-refractivity contribution in [2.45, 2.75) is 28.6 Å². The van der Waals surface area contributed by atoms with Crippen molar-refractivity contribution < 1.29 is 4.74 Å². The minimum Gasteiger partial charge on any atom is -0.496 e. The maximum absolute atomic E-state index is 5.63. The van der Waals surface area contributed by atoms with E-state index in [0.29, 0.717) is 11.8 Å². The largest absolute Gasteiger partial charge is 0.496 e. The van der Waals surface area contributed by atoms with Crippen LogP contribution in [0.5, 0.6) is 5.75 Å². The molecule has 0 amide bonds. The van der Waals surface area contributed by atoms with Crippen LogP contribution in [0.4, 0.5) is 0 Å². The van der Waals surface area contributed by atoms with E-state index in [1.165, 1.54) is 33.8 Å². The van der Waals surface area contributed by atoms with Crippen molar-refractivity contribution in [1.29, 1.82) is 0 Å². The second-order valence-electron chi connectivity index (χ2n) is 6.08. The SMILES string of the molecule is COc1cccc2c1Sc1ccccc1C2C1CCNCC1. The van der Waals surface area contributed by atoms with Gasteiger partial charge < -0.3 is 10.1 Å². The third-order valence-corrected chi connectivity index (χ3v) is 6.12. The van der Waals surface area contributed by atoms with Crippen molar-refractivity contribution in [3.05, 3.63) is 53.6 Å². The predicted octanol–water partition coefficient (Wildman–Crippen LogP) is 4.29. The Morgan fingerprint density at radius 1 is 1.00 bits per heavy atom. The molecule has 1 fully saturated rings. The summed E-state index contributed by atoms with van der Waals surface area (Å²) >= 11 is 1.86. The molecule has 0 saturated carbocycles. The molecule has 4 rings (SSSR count). The number of ether oxygens (including phenoxy) is 1. The average molecular weight is 311 g/mol. The number of methoxy groups -OCH3 is 1. The second kappa shape index (κ2) is 5.98. The first-order valence-corrected chi connectivity index (χ1v) is 8.84. The van der Waals surface area contributed by atoms with E-state index in [-0.39, 0.29) is 0 Å². The summed E-state index contributed by atoms with van der Waals surface area (Å²) in [5.74, 6) is 2.23. The monoisotopic (exact) mass is 311 g/mol. The number of benzene rings is 2. The molecule has 2 heterocycles. The molecule has 3 heteroatoms. The highest BCUT2D eigenvalue weighted by Gasteiger charge is 2.34. The molecule has 2 aliphatic heterocycles. The van der Waals surface area contributed by atoms with Gasteiger partial charge in [-0.25, -0.2) is 0 Å². The van der Waals surface area contributed by atoms with Crippen molar-refractivity contribution in [1.82, 2.24) is 5.32 Å². The standard InChI is InChI=1S/C19H21NOS/c1-21-16-7-4-6-15-18(13-9-11-20-12-10-13)14-5-2-3-8-17(14)22-19(15)16/h2-8,13,18,20H,9-12H2,1H3. The van der Waals surface area contributed by atoms with Crippen LogP contribution in [0.25, 0.3) is 0 Å². The molecule has 0 aromatic heterocycles. The molecule has 0 radical (unpaired) electrons. The Kier molecular flexibility index (Phi) is 3.85. The van der Waals surface area contributed by atoms with Gasteiger partial charge in [0.1, 0.15) is 5.75 Å². The molecule has 0 aliphatic carbocycles. The van der Waals surface area contributed by atoms with Crippen LogP contribution in [0, 0.1) is 5.92 Å². The van der Waals surface area contributed by atoms with Gasteiger partial charge >= 0.3 is 0 Å². The molecule has 0 bridgehead atoms. The van der Waals surface area contributed by atoms with Gasteiger partial charge in [0.15, 0.2) is 0 Å². The summed E-state index contributed by atoms with van der Waals surface area (Å²) in [5.41, 5.74) is 2.95. The minimum atomic E-state index is 0.504. The van der Waals surface area contributed by atoms with E-state index in [1.807, 2.05) is 11.8 Å². The normalized spacial score (nSPS) is 21.0. The number of hydrogen-bond acceptors (Lipinski definition) is 3. The molecule has 1 saturated heterocycles. The van der Waals surface area contributed by atoms with E-state index in [4.69, 9.17) is 4.74 Å².